The van der Waals surface area contributed by atoms with Crippen molar-refractivity contribution in [3.05, 3.63) is 12.7 Å². The quantitative estimate of drug-likeness (QED) is 0.254. The fourth-order valence-electron chi connectivity index (χ4n) is 3.34. The number of carbonyl (C=O) groups excluding carboxylic acids is 1. The van der Waals surface area contributed by atoms with Crippen molar-refractivity contribution < 1.29 is 4.79 Å². The number of rotatable bonds is 12. The summed E-state index contributed by atoms with van der Waals surface area (Å²) in [5.41, 5.74) is 0. The van der Waals surface area contributed by atoms with Crippen LogP contribution in [-0.2, 0) is 4.79 Å². The van der Waals surface area contributed by atoms with E-state index in [4.69, 9.17) is 4.99 Å². The zero-order valence-corrected chi connectivity index (χ0v) is 16.6. The molecule has 0 bridgehead atoms. The van der Waals surface area contributed by atoms with Gasteiger partial charge >= 0.3 is 0 Å². The summed E-state index contributed by atoms with van der Waals surface area (Å²) in [6, 6.07) is 0.339. The molecule has 1 amide bonds. The molecular formula is C20H38N4O. The van der Waals surface area contributed by atoms with E-state index in [1.165, 1.54) is 19.3 Å². The van der Waals surface area contributed by atoms with Crippen molar-refractivity contribution in [2.24, 2.45) is 4.99 Å². The van der Waals surface area contributed by atoms with Crippen molar-refractivity contribution in [3.63, 3.8) is 0 Å². The number of guanidine groups is 1. The first-order valence-corrected chi connectivity index (χ1v) is 10.0. The van der Waals surface area contributed by atoms with Crippen LogP contribution < -0.4 is 5.32 Å². The molecule has 1 aliphatic rings. The Morgan fingerprint density at radius 1 is 1.40 bits per heavy atom. The highest BCUT2D eigenvalue weighted by molar-refractivity contribution is 5.79. The van der Waals surface area contributed by atoms with Crippen LogP contribution in [-0.4, -0.2) is 60.9 Å². The van der Waals surface area contributed by atoms with Gasteiger partial charge in [-0.05, 0) is 45.4 Å². The Labute approximate surface area is 154 Å². The van der Waals surface area contributed by atoms with Crippen molar-refractivity contribution in [1.29, 1.82) is 0 Å². The van der Waals surface area contributed by atoms with Crippen LogP contribution in [0.3, 0.4) is 0 Å². The summed E-state index contributed by atoms with van der Waals surface area (Å²) in [4.78, 5) is 21.0. The molecule has 1 fully saturated rings. The summed E-state index contributed by atoms with van der Waals surface area (Å²) in [7, 11) is 2.11. The fraction of sp³-hybridized carbons (Fsp3) is 0.800. The Kier molecular flexibility index (Phi) is 11.0. The Hall–Kier alpha value is -1.52. The normalized spacial score (nSPS) is 16.2. The van der Waals surface area contributed by atoms with Crippen LogP contribution in [0, 0.1) is 0 Å². The number of aliphatic imine (C=N–C) groups is 1. The molecule has 1 unspecified atom stereocenters. The maximum Gasteiger partial charge on any atom is 0.222 e. The predicted molar refractivity (Wildman–Crippen MR) is 107 cm³/mol. The molecule has 144 valence electrons. The molecule has 1 heterocycles. The van der Waals surface area contributed by atoms with Gasteiger partial charge in [0.25, 0.3) is 0 Å². The van der Waals surface area contributed by atoms with Gasteiger partial charge in [-0.25, -0.2) is 0 Å². The average molecular weight is 351 g/mol. The predicted octanol–water partition coefficient (Wildman–Crippen LogP) is 3.42. The number of allylic oxidation sites excluding steroid dienone is 1. The molecular weight excluding hydrogens is 312 g/mol. The van der Waals surface area contributed by atoms with Crippen LogP contribution in [0.4, 0.5) is 0 Å². The van der Waals surface area contributed by atoms with E-state index in [0.717, 1.165) is 64.2 Å². The van der Waals surface area contributed by atoms with E-state index < -0.39 is 0 Å². The van der Waals surface area contributed by atoms with Gasteiger partial charge in [-0.15, -0.1) is 6.58 Å². The SMILES string of the molecule is C=CCCCCCN(C)C(=NCCC(CC)N1CCCC1=O)NCC. The third kappa shape index (κ3) is 7.93. The van der Waals surface area contributed by atoms with Crippen LogP contribution in [0.5, 0.6) is 0 Å². The molecule has 5 heteroatoms. The lowest BCUT2D eigenvalue weighted by molar-refractivity contribution is -0.129. The lowest BCUT2D eigenvalue weighted by Gasteiger charge is -2.27. The second-order valence-electron chi connectivity index (χ2n) is 6.84. The Morgan fingerprint density at radius 3 is 2.80 bits per heavy atom. The van der Waals surface area contributed by atoms with E-state index >= 15 is 0 Å². The maximum atomic E-state index is 11.9. The van der Waals surface area contributed by atoms with Crippen molar-refractivity contribution in [1.82, 2.24) is 15.1 Å². The molecule has 0 radical (unpaired) electrons. The van der Waals surface area contributed by atoms with Gasteiger partial charge in [0, 0.05) is 45.7 Å². The number of hydrogen-bond donors (Lipinski definition) is 1. The van der Waals surface area contributed by atoms with Gasteiger partial charge in [0.1, 0.15) is 0 Å². The topological polar surface area (TPSA) is 47.9 Å². The molecule has 25 heavy (non-hydrogen) atoms. The summed E-state index contributed by atoms with van der Waals surface area (Å²) in [5, 5.41) is 3.38. The molecule has 0 aromatic carbocycles. The van der Waals surface area contributed by atoms with E-state index in [2.05, 4.69) is 42.6 Å². The molecule has 0 spiro atoms. The maximum absolute atomic E-state index is 11.9. The van der Waals surface area contributed by atoms with Gasteiger partial charge in [-0.2, -0.15) is 0 Å². The van der Waals surface area contributed by atoms with Crippen LogP contribution in [0.1, 0.15) is 65.2 Å². The van der Waals surface area contributed by atoms with Crippen LogP contribution in [0.15, 0.2) is 17.6 Å². The summed E-state index contributed by atoms with van der Waals surface area (Å²) in [6.07, 6.45) is 10.4. The monoisotopic (exact) mass is 350 g/mol. The molecule has 5 nitrogen and oxygen atoms in total. The molecule has 1 saturated heterocycles. The van der Waals surface area contributed by atoms with Gasteiger partial charge in [0.2, 0.25) is 5.91 Å². The van der Waals surface area contributed by atoms with Gasteiger partial charge in [-0.1, -0.05) is 19.4 Å². The lowest BCUT2D eigenvalue weighted by atomic mass is 10.1. The van der Waals surface area contributed by atoms with Crippen LogP contribution in [0.25, 0.3) is 0 Å². The summed E-state index contributed by atoms with van der Waals surface area (Å²) < 4.78 is 0. The molecule has 1 N–H and O–H groups in total. The van der Waals surface area contributed by atoms with Gasteiger partial charge in [-0.3, -0.25) is 9.79 Å². The molecule has 1 aliphatic heterocycles. The van der Waals surface area contributed by atoms with E-state index in [0.29, 0.717) is 11.9 Å². The summed E-state index contributed by atoms with van der Waals surface area (Å²) >= 11 is 0. The molecule has 0 aromatic rings. The molecule has 0 aliphatic carbocycles. The Morgan fingerprint density at radius 2 is 2.20 bits per heavy atom. The second kappa shape index (κ2) is 12.8. The smallest absolute Gasteiger partial charge is 0.222 e. The van der Waals surface area contributed by atoms with E-state index in [1.807, 2.05) is 6.08 Å². The lowest BCUT2D eigenvalue weighted by Crippen LogP contribution is -2.40. The minimum Gasteiger partial charge on any atom is -0.357 e. The molecule has 1 atom stereocenters. The second-order valence-corrected chi connectivity index (χ2v) is 6.84. The summed E-state index contributed by atoms with van der Waals surface area (Å²) in [5.74, 6) is 1.30. The van der Waals surface area contributed by atoms with Crippen LogP contribution >= 0.6 is 0 Å². The van der Waals surface area contributed by atoms with E-state index in [-0.39, 0.29) is 0 Å². The van der Waals surface area contributed by atoms with Crippen molar-refractivity contribution in [2.45, 2.75) is 71.3 Å². The number of carbonyl (C=O) groups is 1. The zero-order valence-electron chi connectivity index (χ0n) is 16.6. The number of unbranched alkanes of at least 4 members (excludes halogenated alkanes) is 3. The minimum absolute atomic E-state index is 0.319. The number of nitrogens with one attached hydrogen (secondary N) is 1. The first-order chi connectivity index (χ1) is 12.1. The van der Waals surface area contributed by atoms with Crippen molar-refractivity contribution in [2.75, 3.05) is 33.2 Å². The largest absolute Gasteiger partial charge is 0.357 e. The Bertz CT molecular complexity index is 422. The highest BCUT2D eigenvalue weighted by Crippen LogP contribution is 2.18. The third-order valence-electron chi connectivity index (χ3n) is 4.84. The average Bonchev–Trinajstić information content (AvgIpc) is 3.03. The molecule has 1 rings (SSSR count). The standard InChI is InChI=1S/C20H38N4O/c1-5-8-9-10-11-16-23(4)20(21-7-3)22-15-14-18(6-2)24-17-12-13-19(24)25/h5,18H,1,6-17H2,2-4H3,(H,21,22). The van der Waals surface area contributed by atoms with Crippen molar-refractivity contribution >= 4 is 11.9 Å². The molecule has 0 saturated carbocycles. The van der Waals surface area contributed by atoms with Gasteiger partial charge < -0.3 is 15.1 Å². The van der Waals surface area contributed by atoms with E-state index in [1.54, 1.807) is 0 Å². The minimum atomic E-state index is 0.319. The first-order valence-electron chi connectivity index (χ1n) is 10.0. The van der Waals surface area contributed by atoms with Gasteiger partial charge in [0.05, 0.1) is 0 Å². The van der Waals surface area contributed by atoms with Crippen molar-refractivity contribution in [3.8, 4) is 0 Å². The highest BCUT2D eigenvalue weighted by Gasteiger charge is 2.26. The zero-order chi connectivity index (χ0) is 18.5. The van der Waals surface area contributed by atoms with Gasteiger partial charge in [0.15, 0.2) is 5.96 Å². The summed E-state index contributed by atoms with van der Waals surface area (Å²) in [6.45, 7) is 11.6. The third-order valence-corrected chi connectivity index (χ3v) is 4.84. The van der Waals surface area contributed by atoms with E-state index in [9.17, 15) is 4.79 Å². The number of nitrogens with zero attached hydrogens (tertiary/aromatic N) is 3. The number of hydrogen-bond acceptors (Lipinski definition) is 2. The Balaban J connectivity index is 2.44. The van der Waals surface area contributed by atoms with Crippen LogP contribution in [0.2, 0.25) is 0 Å². The highest BCUT2D eigenvalue weighted by atomic mass is 16.2. The molecule has 0 aromatic heterocycles. The number of likely N-dealkylation sites (tertiary alicyclic amines) is 1. The fourth-order valence-corrected chi connectivity index (χ4v) is 3.34. The first kappa shape index (κ1) is 21.5. The number of amides is 1.